The zero-order chi connectivity index (χ0) is 17.1. The third-order valence-corrected chi connectivity index (χ3v) is 4.70. The van der Waals surface area contributed by atoms with E-state index in [1.165, 1.54) is 0 Å². The summed E-state index contributed by atoms with van der Waals surface area (Å²) in [6, 6.07) is 13.8. The Morgan fingerprint density at radius 1 is 1.00 bits per heavy atom. The molecule has 0 bridgehead atoms. The van der Waals surface area contributed by atoms with Gasteiger partial charge >= 0.3 is 0 Å². The van der Waals surface area contributed by atoms with Gasteiger partial charge in [-0.2, -0.15) is 0 Å². The van der Waals surface area contributed by atoms with Crippen LogP contribution < -0.4 is 5.32 Å². The molecule has 0 saturated carbocycles. The number of carbonyl (C=O) groups excluding carboxylic acids is 2. The molecule has 0 aliphatic carbocycles. The van der Waals surface area contributed by atoms with Crippen molar-refractivity contribution in [2.45, 2.75) is 19.9 Å². The molecule has 126 valence electrons. The number of nitrogens with one attached hydrogen (secondary N) is 1. The number of carbonyl (C=O) groups is 2. The highest BCUT2D eigenvalue weighted by molar-refractivity contribution is 5.97. The van der Waals surface area contributed by atoms with Crippen LogP contribution in [0.15, 0.2) is 42.5 Å². The van der Waals surface area contributed by atoms with E-state index in [2.05, 4.69) is 16.3 Å². The summed E-state index contributed by atoms with van der Waals surface area (Å²) in [7, 11) is 0. The highest BCUT2D eigenvalue weighted by atomic mass is 16.2. The fourth-order valence-electron chi connectivity index (χ4n) is 3.10. The van der Waals surface area contributed by atoms with Crippen molar-refractivity contribution < 1.29 is 9.59 Å². The Bertz CT molecular complexity index is 751. The maximum Gasteiger partial charge on any atom is 0.241 e. The molecular weight excluding hydrogens is 302 g/mol. The lowest BCUT2D eigenvalue weighted by Gasteiger charge is -2.37. The first kappa shape index (κ1) is 16.5. The quantitative estimate of drug-likeness (QED) is 0.942. The number of rotatable bonds is 3. The molecule has 1 N–H and O–H groups in total. The standard InChI is InChI=1S/C19H23N3O2/c1-14(21-9-11-22(12-10-21)15(2)23)19(24)20-18-8-7-16-5-3-4-6-17(16)13-18/h3-8,13-14H,9-12H2,1-2H3,(H,20,24)/t14-/m1/s1. The first-order chi connectivity index (χ1) is 11.5. The molecule has 0 spiro atoms. The molecule has 1 aliphatic heterocycles. The van der Waals surface area contributed by atoms with Crippen LogP contribution in [0.5, 0.6) is 0 Å². The zero-order valence-corrected chi connectivity index (χ0v) is 14.2. The maximum atomic E-state index is 12.5. The number of nitrogens with zero attached hydrogens (tertiary/aromatic N) is 2. The number of hydrogen-bond acceptors (Lipinski definition) is 3. The molecule has 2 aromatic carbocycles. The van der Waals surface area contributed by atoms with Crippen LogP contribution in [0.1, 0.15) is 13.8 Å². The Balaban J connectivity index is 1.62. The van der Waals surface area contributed by atoms with Gasteiger partial charge in [0.1, 0.15) is 0 Å². The van der Waals surface area contributed by atoms with Gasteiger partial charge in [-0.05, 0) is 29.8 Å². The predicted octanol–water partition coefficient (Wildman–Crippen LogP) is 2.33. The average molecular weight is 325 g/mol. The second-order valence-electron chi connectivity index (χ2n) is 6.27. The molecule has 2 aromatic rings. The average Bonchev–Trinajstić information content (AvgIpc) is 2.61. The normalized spacial score (nSPS) is 16.8. The molecule has 1 atom stereocenters. The first-order valence-electron chi connectivity index (χ1n) is 8.34. The minimum absolute atomic E-state index is 0.0124. The van der Waals surface area contributed by atoms with E-state index in [0.29, 0.717) is 13.1 Å². The molecule has 1 aliphatic rings. The molecule has 1 heterocycles. The number of benzene rings is 2. The van der Waals surface area contributed by atoms with E-state index in [1.54, 1.807) is 6.92 Å². The Labute approximate surface area is 142 Å². The van der Waals surface area contributed by atoms with Crippen molar-refractivity contribution in [1.82, 2.24) is 9.80 Å². The molecule has 2 amide bonds. The van der Waals surface area contributed by atoms with Gasteiger partial charge in [0.25, 0.3) is 0 Å². The van der Waals surface area contributed by atoms with E-state index < -0.39 is 0 Å². The van der Waals surface area contributed by atoms with Crippen LogP contribution in [0, 0.1) is 0 Å². The summed E-state index contributed by atoms with van der Waals surface area (Å²) in [5.74, 6) is 0.0875. The van der Waals surface area contributed by atoms with Crippen LogP contribution in [0.25, 0.3) is 10.8 Å². The Morgan fingerprint density at radius 2 is 1.67 bits per heavy atom. The lowest BCUT2D eigenvalue weighted by atomic mass is 10.1. The molecular formula is C19H23N3O2. The fourth-order valence-corrected chi connectivity index (χ4v) is 3.10. The molecule has 1 saturated heterocycles. The van der Waals surface area contributed by atoms with Crippen LogP contribution in [0.2, 0.25) is 0 Å². The van der Waals surface area contributed by atoms with Crippen molar-refractivity contribution in [2.75, 3.05) is 31.5 Å². The van der Waals surface area contributed by atoms with Gasteiger partial charge in [0.05, 0.1) is 6.04 Å². The van der Waals surface area contributed by atoms with Crippen molar-refractivity contribution >= 4 is 28.3 Å². The Morgan fingerprint density at radius 3 is 2.33 bits per heavy atom. The fraction of sp³-hybridized carbons (Fsp3) is 0.368. The van der Waals surface area contributed by atoms with Gasteiger partial charge in [-0.25, -0.2) is 0 Å². The minimum atomic E-state index is -0.217. The van der Waals surface area contributed by atoms with Gasteiger partial charge in [0.15, 0.2) is 0 Å². The number of piperazine rings is 1. The van der Waals surface area contributed by atoms with E-state index in [9.17, 15) is 9.59 Å². The predicted molar refractivity (Wildman–Crippen MR) is 95.9 cm³/mol. The monoisotopic (exact) mass is 325 g/mol. The minimum Gasteiger partial charge on any atom is -0.340 e. The molecule has 5 heteroatoms. The molecule has 3 rings (SSSR count). The van der Waals surface area contributed by atoms with Crippen LogP contribution in [-0.4, -0.2) is 53.8 Å². The number of anilines is 1. The molecule has 24 heavy (non-hydrogen) atoms. The lowest BCUT2D eigenvalue weighted by Crippen LogP contribution is -2.53. The van der Waals surface area contributed by atoms with Gasteiger partial charge in [0.2, 0.25) is 11.8 Å². The molecule has 0 unspecified atom stereocenters. The van der Waals surface area contributed by atoms with Gasteiger partial charge < -0.3 is 10.2 Å². The van der Waals surface area contributed by atoms with E-state index in [1.807, 2.05) is 48.2 Å². The zero-order valence-electron chi connectivity index (χ0n) is 14.2. The van der Waals surface area contributed by atoms with Gasteiger partial charge in [-0.15, -0.1) is 0 Å². The topological polar surface area (TPSA) is 52.7 Å². The van der Waals surface area contributed by atoms with Crippen molar-refractivity contribution in [1.29, 1.82) is 0 Å². The van der Waals surface area contributed by atoms with Crippen LogP contribution >= 0.6 is 0 Å². The molecule has 0 radical (unpaired) electrons. The first-order valence-corrected chi connectivity index (χ1v) is 8.34. The number of hydrogen-bond donors (Lipinski definition) is 1. The van der Waals surface area contributed by atoms with E-state index in [4.69, 9.17) is 0 Å². The Hall–Kier alpha value is -2.40. The molecule has 5 nitrogen and oxygen atoms in total. The SMILES string of the molecule is CC(=O)N1CCN([C@H](C)C(=O)Nc2ccc3ccccc3c2)CC1. The smallest absolute Gasteiger partial charge is 0.241 e. The number of fused-ring (bicyclic) bond motifs is 1. The summed E-state index contributed by atoms with van der Waals surface area (Å²) in [5, 5.41) is 5.27. The van der Waals surface area contributed by atoms with Crippen molar-refractivity contribution in [3.05, 3.63) is 42.5 Å². The summed E-state index contributed by atoms with van der Waals surface area (Å²) < 4.78 is 0. The van der Waals surface area contributed by atoms with E-state index >= 15 is 0 Å². The highest BCUT2D eigenvalue weighted by Crippen LogP contribution is 2.19. The molecule has 1 fully saturated rings. The second-order valence-corrected chi connectivity index (χ2v) is 6.27. The van der Waals surface area contributed by atoms with Crippen LogP contribution in [-0.2, 0) is 9.59 Å². The van der Waals surface area contributed by atoms with Gasteiger partial charge in [0, 0.05) is 38.8 Å². The van der Waals surface area contributed by atoms with Crippen molar-refractivity contribution in [3.63, 3.8) is 0 Å². The number of amides is 2. The maximum absolute atomic E-state index is 12.5. The van der Waals surface area contributed by atoms with Crippen molar-refractivity contribution in [3.8, 4) is 0 Å². The summed E-state index contributed by atoms with van der Waals surface area (Å²) >= 11 is 0. The molecule has 0 aromatic heterocycles. The van der Waals surface area contributed by atoms with Crippen LogP contribution in [0.3, 0.4) is 0 Å². The van der Waals surface area contributed by atoms with E-state index in [-0.39, 0.29) is 17.9 Å². The van der Waals surface area contributed by atoms with Crippen molar-refractivity contribution in [2.24, 2.45) is 0 Å². The highest BCUT2D eigenvalue weighted by Gasteiger charge is 2.26. The third-order valence-electron chi connectivity index (χ3n) is 4.70. The van der Waals surface area contributed by atoms with Gasteiger partial charge in [-0.3, -0.25) is 14.5 Å². The van der Waals surface area contributed by atoms with Crippen LogP contribution in [0.4, 0.5) is 5.69 Å². The summed E-state index contributed by atoms with van der Waals surface area (Å²) in [6.07, 6.45) is 0. The lowest BCUT2D eigenvalue weighted by molar-refractivity contribution is -0.131. The summed E-state index contributed by atoms with van der Waals surface area (Å²) in [4.78, 5) is 27.9. The largest absolute Gasteiger partial charge is 0.340 e. The van der Waals surface area contributed by atoms with Gasteiger partial charge in [-0.1, -0.05) is 30.3 Å². The second kappa shape index (κ2) is 7.01. The Kier molecular flexibility index (Phi) is 4.81. The van der Waals surface area contributed by atoms with E-state index in [0.717, 1.165) is 29.5 Å². The summed E-state index contributed by atoms with van der Waals surface area (Å²) in [5.41, 5.74) is 0.813. The summed E-state index contributed by atoms with van der Waals surface area (Å²) in [6.45, 7) is 6.33. The third kappa shape index (κ3) is 3.57.